The van der Waals surface area contributed by atoms with Gasteiger partial charge in [-0.25, -0.2) is 0 Å². The van der Waals surface area contributed by atoms with Crippen LogP contribution >= 0.6 is 0 Å². The maximum atomic E-state index is 13.1. The van der Waals surface area contributed by atoms with Gasteiger partial charge in [0.05, 0.1) is 5.56 Å². The number of rotatable bonds is 1. The molecule has 140 valence electrons. The minimum Gasteiger partial charge on any atom is -0.486 e. The first-order chi connectivity index (χ1) is 13.1. The predicted octanol–water partition coefficient (Wildman–Crippen LogP) is 2.61. The zero-order chi connectivity index (χ0) is 18.4. The van der Waals surface area contributed by atoms with Crippen LogP contribution in [0.3, 0.4) is 0 Å². The molecule has 1 saturated carbocycles. The van der Waals surface area contributed by atoms with Gasteiger partial charge in [-0.2, -0.15) is 0 Å². The maximum absolute atomic E-state index is 13.1. The number of hydrogen-bond acceptors (Lipinski definition) is 4. The number of ether oxygens (including phenoxy) is 2. The van der Waals surface area contributed by atoms with E-state index in [1.54, 1.807) is 6.07 Å². The fourth-order valence-electron chi connectivity index (χ4n) is 4.82. The van der Waals surface area contributed by atoms with Crippen molar-refractivity contribution in [3.63, 3.8) is 0 Å². The molecule has 3 heterocycles. The molecule has 2 aromatic rings. The molecular formula is C21H22N2O4. The van der Waals surface area contributed by atoms with Crippen LogP contribution in [0, 0.1) is 0 Å². The van der Waals surface area contributed by atoms with E-state index in [0.29, 0.717) is 31.9 Å². The molecule has 3 aliphatic rings. The summed E-state index contributed by atoms with van der Waals surface area (Å²) in [5.41, 5.74) is 2.76. The molecule has 0 bridgehead atoms. The molecule has 27 heavy (non-hydrogen) atoms. The summed E-state index contributed by atoms with van der Waals surface area (Å²) in [6, 6.07) is 7.20. The fraction of sp³-hybridized carbons (Fsp3) is 0.429. The van der Waals surface area contributed by atoms with Gasteiger partial charge in [-0.15, -0.1) is 0 Å². The van der Waals surface area contributed by atoms with Gasteiger partial charge in [-0.1, -0.05) is 12.8 Å². The van der Waals surface area contributed by atoms with Crippen LogP contribution in [0.5, 0.6) is 11.5 Å². The molecule has 1 fully saturated rings. The Balaban J connectivity index is 1.55. The number of nitrogens with zero attached hydrogens (tertiary/aromatic N) is 1. The van der Waals surface area contributed by atoms with Gasteiger partial charge in [0.15, 0.2) is 11.5 Å². The van der Waals surface area contributed by atoms with E-state index in [9.17, 15) is 9.59 Å². The third-order valence-corrected chi connectivity index (χ3v) is 6.07. The molecule has 1 aromatic carbocycles. The normalized spacial score (nSPS) is 19.8. The number of fused-ring (bicyclic) bond motifs is 3. The van der Waals surface area contributed by atoms with Crippen LogP contribution in [0.25, 0.3) is 0 Å². The average molecular weight is 366 g/mol. The zero-order valence-electron chi connectivity index (χ0n) is 15.1. The largest absolute Gasteiger partial charge is 0.486 e. The van der Waals surface area contributed by atoms with Crippen LogP contribution in [0.1, 0.15) is 47.2 Å². The van der Waals surface area contributed by atoms with Gasteiger partial charge >= 0.3 is 0 Å². The summed E-state index contributed by atoms with van der Waals surface area (Å²) in [6.07, 6.45) is 6.01. The SMILES string of the molecule is O=C(c1ccc(=O)[nH]c1)N1Cc2cc3c(cc2C2(CCCC2)C1)OCCO3. The second-order valence-electron chi connectivity index (χ2n) is 7.74. The van der Waals surface area contributed by atoms with Crippen molar-refractivity contribution in [1.29, 1.82) is 0 Å². The summed E-state index contributed by atoms with van der Waals surface area (Å²) >= 11 is 0. The van der Waals surface area contributed by atoms with Gasteiger partial charge < -0.3 is 19.4 Å². The number of aromatic amines is 1. The van der Waals surface area contributed by atoms with Gasteiger partial charge in [0.1, 0.15) is 13.2 Å². The van der Waals surface area contributed by atoms with E-state index < -0.39 is 0 Å². The highest BCUT2D eigenvalue weighted by Crippen LogP contribution is 2.49. The minimum absolute atomic E-state index is 0.0126. The van der Waals surface area contributed by atoms with Crippen molar-refractivity contribution in [2.45, 2.75) is 37.6 Å². The van der Waals surface area contributed by atoms with Crippen molar-refractivity contribution in [3.05, 3.63) is 57.5 Å². The number of pyridine rings is 1. The van der Waals surface area contributed by atoms with Crippen LogP contribution in [-0.2, 0) is 12.0 Å². The Kier molecular flexibility index (Phi) is 3.74. The highest BCUT2D eigenvalue weighted by Gasteiger charge is 2.44. The second-order valence-corrected chi connectivity index (χ2v) is 7.74. The Hall–Kier alpha value is -2.76. The van der Waals surface area contributed by atoms with E-state index in [1.165, 1.54) is 30.7 Å². The van der Waals surface area contributed by atoms with Crippen molar-refractivity contribution in [3.8, 4) is 11.5 Å². The van der Waals surface area contributed by atoms with Crippen LogP contribution in [0.4, 0.5) is 0 Å². The molecule has 1 N–H and O–H groups in total. The van der Waals surface area contributed by atoms with E-state index in [-0.39, 0.29) is 16.9 Å². The molecule has 1 aliphatic carbocycles. The Bertz CT molecular complexity index is 939. The molecule has 0 unspecified atom stereocenters. The summed E-state index contributed by atoms with van der Waals surface area (Å²) < 4.78 is 11.6. The van der Waals surface area contributed by atoms with E-state index in [1.807, 2.05) is 4.90 Å². The van der Waals surface area contributed by atoms with Crippen molar-refractivity contribution < 1.29 is 14.3 Å². The number of aromatic nitrogens is 1. The lowest BCUT2D eigenvalue weighted by atomic mass is 9.73. The number of H-pyrrole nitrogens is 1. The predicted molar refractivity (Wildman–Crippen MR) is 99.4 cm³/mol. The lowest BCUT2D eigenvalue weighted by molar-refractivity contribution is 0.0668. The number of carbonyl (C=O) groups is 1. The van der Waals surface area contributed by atoms with E-state index in [2.05, 4.69) is 17.1 Å². The van der Waals surface area contributed by atoms with Gasteiger partial charge in [-0.05, 0) is 42.2 Å². The standard InChI is InChI=1S/C21H22N2O4/c24-19-4-3-14(11-22-19)20(25)23-12-15-9-17-18(27-8-7-26-17)10-16(15)21(13-23)5-1-2-6-21/h3-4,9-11H,1-2,5-8,12-13H2,(H,22,24). The molecule has 1 aromatic heterocycles. The highest BCUT2D eigenvalue weighted by molar-refractivity contribution is 5.94. The number of hydrogen-bond donors (Lipinski definition) is 1. The third kappa shape index (κ3) is 2.71. The van der Waals surface area contributed by atoms with E-state index >= 15 is 0 Å². The molecule has 1 amide bonds. The van der Waals surface area contributed by atoms with Gasteiger partial charge in [0.2, 0.25) is 5.56 Å². The molecule has 6 nitrogen and oxygen atoms in total. The zero-order valence-corrected chi connectivity index (χ0v) is 15.1. The minimum atomic E-state index is -0.202. The van der Waals surface area contributed by atoms with Crippen molar-refractivity contribution in [2.75, 3.05) is 19.8 Å². The topological polar surface area (TPSA) is 71.6 Å². The Morgan fingerprint density at radius 3 is 2.52 bits per heavy atom. The molecule has 1 spiro atoms. The Labute approximate surface area is 157 Å². The monoisotopic (exact) mass is 366 g/mol. The highest BCUT2D eigenvalue weighted by atomic mass is 16.6. The molecular weight excluding hydrogens is 344 g/mol. The van der Waals surface area contributed by atoms with Gasteiger partial charge in [-0.3, -0.25) is 9.59 Å². The first-order valence-corrected chi connectivity index (χ1v) is 9.56. The van der Waals surface area contributed by atoms with Crippen molar-refractivity contribution in [2.24, 2.45) is 0 Å². The quantitative estimate of drug-likeness (QED) is 0.842. The summed E-state index contributed by atoms with van der Waals surface area (Å²) in [6.45, 7) is 2.38. The molecule has 0 atom stereocenters. The summed E-state index contributed by atoms with van der Waals surface area (Å²) in [4.78, 5) is 28.9. The van der Waals surface area contributed by atoms with Crippen LogP contribution in [-0.4, -0.2) is 35.5 Å². The molecule has 6 heteroatoms. The summed E-state index contributed by atoms with van der Waals surface area (Å²) in [5, 5.41) is 0. The second kappa shape index (κ2) is 6.15. The van der Waals surface area contributed by atoms with Crippen LogP contribution in [0.15, 0.2) is 35.3 Å². The van der Waals surface area contributed by atoms with E-state index in [4.69, 9.17) is 9.47 Å². The van der Waals surface area contributed by atoms with Crippen LogP contribution < -0.4 is 15.0 Å². The lowest BCUT2D eigenvalue weighted by Crippen LogP contribution is -2.47. The molecule has 0 radical (unpaired) electrons. The number of benzene rings is 1. The molecule has 2 aliphatic heterocycles. The van der Waals surface area contributed by atoms with Gasteiger partial charge in [0.25, 0.3) is 5.91 Å². The first kappa shape index (κ1) is 16.4. The Morgan fingerprint density at radius 1 is 1.07 bits per heavy atom. The number of carbonyl (C=O) groups excluding carboxylic acids is 1. The maximum Gasteiger partial charge on any atom is 0.255 e. The molecule has 0 saturated heterocycles. The fourth-order valence-corrected chi connectivity index (χ4v) is 4.82. The van der Waals surface area contributed by atoms with Gasteiger partial charge in [0, 0.05) is 30.8 Å². The van der Waals surface area contributed by atoms with Crippen molar-refractivity contribution >= 4 is 5.91 Å². The lowest BCUT2D eigenvalue weighted by Gasteiger charge is -2.43. The average Bonchev–Trinajstić information content (AvgIpc) is 3.15. The Morgan fingerprint density at radius 2 is 1.81 bits per heavy atom. The smallest absolute Gasteiger partial charge is 0.255 e. The first-order valence-electron chi connectivity index (χ1n) is 9.56. The molecule has 5 rings (SSSR count). The summed E-state index contributed by atoms with van der Waals surface area (Å²) in [5.74, 6) is 1.55. The summed E-state index contributed by atoms with van der Waals surface area (Å²) in [7, 11) is 0. The third-order valence-electron chi connectivity index (χ3n) is 6.07. The van der Waals surface area contributed by atoms with E-state index in [0.717, 1.165) is 29.9 Å². The number of nitrogens with one attached hydrogen (secondary N) is 1. The number of amides is 1. The van der Waals surface area contributed by atoms with Crippen molar-refractivity contribution in [1.82, 2.24) is 9.88 Å². The van der Waals surface area contributed by atoms with Crippen LogP contribution in [0.2, 0.25) is 0 Å².